The lowest BCUT2D eigenvalue weighted by atomic mass is 10.1. The number of hydrogen-bond donors (Lipinski definition) is 0. The third kappa shape index (κ3) is 3.96. The van der Waals surface area contributed by atoms with Gasteiger partial charge >= 0.3 is 0 Å². The molecule has 2 heterocycles. The van der Waals surface area contributed by atoms with Crippen LogP contribution in [0.1, 0.15) is 5.56 Å². The maximum absolute atomic E-state index is 5.47. The van der Waals surface area contributed by atoms with Crippen LogP contribution in [-0.2, 0) is 6.54 Å². The van der Waals surface area contributed by atoms with Crippen LogP contribution in [0.4, 0.5) is 5.95 Å². The van der Waals surface area contributed by atoms with Gasteiger partial charge in [-0.3, -0.25) is 4.90 Å². The van der Waals surface area contributed by atoms with Gasteiger partial charge < -0.3 is 14.4 Å². The minimum absolute atomic E-state index is 0.789. The predicted molar refractivity (Wildman–Crippen MR) is 96.8 cm³/mol. The van der Waals surface area contributed by atoms with Gasteiger partial charge in [0.2, 0.25) is 5.95 Å². The minimum atomic E-state index is 0.789. The monoisotopic (exact) mass is 392 g/mol. The van der Waals surface area contributed by atoms with Crippen LogP contribution >= 0.6 is 15.9 Å². The quantitative estimate of drug-likeness (QED) is 0.779. The van der Waals surface area contributed by atoms with Crippen molar-refractivity contribution in [3.8, 4) is 11.5 Å². The van der Waals surface area contributed by atoms with Crippen LogP contribution in [-0.4, -0.2) is 55.3 Å². The Morgan fingerprint density at radius 3 is 2.38 bits per heavy atom. The average molecular weight is 393 g/mol. The Balaban J connectivity index is 1.62. The Kier molecular flexibility index (Phi) is 5.52. The number of piperazine rings is 1. The summed E-state index contributed by atoms with van der Waals surface area (Å²) in [5.74, 6) is 2.54. The van der Waals surface area contributed by atoms with E-state index in [-0.39, 0.29) is 0 Å². The van der Waals surface area contributed by atoms with Crippen molar-refractivity contribution in [1.82, 2.24) is 14.9 Å². The molecule has 24 heavy (non-hydrogen) atoms. The number of ether oxygens (including phenoxy) is 2. The fourth-order valence-corrected chi connectivity index (χ4v) is 3.03. The molecule has 0 aliphatic carbocycles. The number of methoxy groups -OCH3 is 2. The number of halogens is 1. The van der Waals surface area contributed by atoms with Gasteiger partial charge in [-0.05, 0) is 34.1 Å². The van der Waals surface area contributed by atoms with Gasteiger partial charge in [0.05, 0.1) is 18.7 Å². The highest BCUT2D eigenvalue weighted by Gasteiger charge is 2.20. The van der Waals surface area contributed by atoms with E-state index in [0.717, 1.165) is 60.2 Å². The molecule has 1 fully saturated rings. The number of rotatable bonds is 5. The fourth-order valence-electron chi connectivity index (χ4n) is 2.82. The Labute approximate surface area is 150 Å². The summed E-state index contributed by atoms with van der Waals surface area (Å²) in [5.41, 5.74) is 1.14. The van der Waals surface area contributed by atoms with Crippen molar-refractivity contribution >= 4 is 21.9 Å². The second kappa shape index (κ2) is 7.81. The van der Waals surface area contributed by atoms with Crippen LogP contribution in [0.5, 0.6) is 11.5 Å². The smallest absolute Gasteiger partial charge is 0.225 e. The largest absolute Gasteiger partial charge is 0.497 e. The van der Waals surface area contributed by atoms with Gasteiger partial charge in [0.25, 0.3) is 0 Å². The molecule has 1 aliphatic heterocycles. The van der Waals surface area contributed by atoms with Crippen LogP contribution in [0.15, 0.2) is 35.1 Å². The SMILES string of the molecule is COc1ccc(OC)c(CN2CCN(c3ncc(Br)cn3)CC2)c1. The molecular formula is C17H21BrN4O2. The zero-order chi connectivity index (χ0) is 16.9. The van der Waals surface area contributed by atoms with Gasteiger partial charge in [0.15, 0.2) is 0 Å². The first-order chi connectivity index (χ1) is 11.7. The molecule has 0 spiro atoms. The van der Waals surface area contributed by atoms with Gasteiger partial charge in [0, 0.05) is 50.7 Å². The van der Waals surface area contributed by atoms with Crippen LogP contribution in [0, 0.1) is 0 Å². The Hall–Kier alpha value is -1.86. The van der Waals surface area contributed by atoms with E-state index in [1.165, 1.54) is 0 Å². The Morgan fingerprint density at radius 2 is 1.75 bits per heavy atom. The van der Waals surface area contributed by atoms with Crippen LogP contribution in [0.3, 0.4) is 0 Å². The van der Waals surface area contributed by atoms with E-state index in [1.54, 1.807) is 26.6 Å². The summed E-state index contributed by atoms with van der Waals surface area (Å²) in [6.45, 7) is 4.58. The number of hydrogen-bond acceptors (Lipinski definition) is 6. The van der Waals surface area contributed by atoms with Crippen LogP contribution in [0.2, 0.25) is 0 Å². The number of aromatic nitrogens is 2. The molecule has 128 valence electrons. The molecule has 0 amide bonds. The van der Waals surface area contributed by atoms with Gasteiger partial charge in [-0.2, -0.15) is 0 Å². The Bertz CT molecular complexity index is 673. The topological polar surface area (TPSA) is 50.7 Å². The standard InChI is InChI=1S/C17H21BrN4O2/c1-23-15-3-4-16(24-2)13(9-15)12-21-5-7-22(8-6-21)17-19-10-14(18)11-20-17/h3-4,9-11H,5-8,12H2,1-2H3. The highest BCUT2D eigenvalue weighted by atomic mass is 79.9. The number of anilines is 1. The first-order valence-corrected chi connectivity index (χ1v) is 8.64. The molecule has 1 saturated heterocycles. The van der Waals surface area contributed by atoms with Crippen molar-refractivity contribution in [1.29, 1.82) is 0 Å². The summed E-state index contributed by atoms with van der Waals surface area (Å²) >= 11 is 3.37. The molecule has 1 aromatic heterocycles. The molecule has 0 unspecified atom stereocenters. The third-order valence-corrected chi connectivity index (χ3v) is 4.55. The molecule has 0 radical (unpaired) electrons. The summed E-state index contributed by atoms with van der Waals surface area (Å²) < 4.78 is 11.7. The highest BCUT2D eigenvalue weighted by molar-refractivity contribution is 9.10. The predicted octanol–water partition coefficient (Wildman–Crippen LogP) is 2.58. The van der Waals surface area contributed by atoms with Crippen molar-refractivity contribution in [3.63, 3.8) is 0 Å². The second-order valence-corrected chi connectivity index (χ2v) is 6.56. The molecule has 0 atom stereocenters. The first-order valence-electron chi connectivity index (χ1n) is 7.85. The number of nitrogens with zero attached hydrogens (tertiary/aromatic N) is 4. The highest BCUT2D eigenvalue weighted by Crippen LogP contribution is 2.26. The molecule has 0 N–H and O–H groups in total. The van der Waals surface area contributed by atoms with Crippen LogP contribution in [0.25, 0.3) is 0 Å². The Morgan fingerprint density at radius 1 is 1.04 bits per heavy atom. The maximum atomic E-state index is 5.47. The van der Waals surface area contributed by atoms with E-state index >= 15 is 0 Å². The lowest BCUT2D eigenvalue weighted by Crippen LogP contribution is -2.46. The lowest BCUT2D eigenvalue weighted by molar-refractivity contribution is 0.244. The summed E-state index contributed by atoms with van der Waals surface area (Å²) in [7, 11) is 3.39. The fraction of sp³-hybridized carbons (Fsp3) is 0.412. The molecule has 1 aromatic carbocycles. The van der Waals surface area contributed by atoms with Gasteiger partial charge in [-0.1, -0.05) is 0 Å². The van der Waals surface area contributed by atoms with E-state index in [9.17, 15) is 0 Å². The summed E-state index contributed by atoms with van der Waals surface area (Å²) in [5, 5.41) is 0. The molecule has 0 saturated carbocycles. The van der Waals surface area contributed by atoms with Crippen LogP contribution < -0.4 is 14.4 Å². The van der Waals surface area contributed by atoms with E-state index < -0.39 is 0 Å². The average Bonchev–Trinajstić information content (AvgIpc) is 2.63. The molecule has 1 aliphatic rings. The molecule has 6 nitrogen and oxygen atoms in total. The van der Waals surface area contributed by atoms with E-state index in [0.29, 0.717) is 0 Å². The molecule has 3 rings (SSSR count). The first kappa shape index (κ1) is 17.0. The molecule has 7 heteroatoms. The summed E-state index contributed by atoms with van der Waals surface area (Å²) in [6.07, 6.45) is 3.58. The molecule has 0 bridgehead atoms. The van der Waals surface area contributed by atoms with E-state index in [2.05, 4.69) is 35.7 Å². The maximum Gasteiger partial charge on any atom is 0.225 e. The van der Waals surface area contributed by atoms with E-state index in [1.807, 2.05) is 18.2 Å². The van der Waals surface area contributed by atoms with Gasteiger partial charge in [-0.25, -0.2) is 9.97 Å². The summed E-state index contributed by atoms with van der Waals surface area (Å²) in [6, 6.07) is 5.92. The second-order valence-electron chi connectivity index (χ2n) is 5.64. The zero-order valence-corrected chi connectivity index (χ0v) is 15.5. The van der Waals surface area contributed by atoms with Crippen molar-refractivity contribution < 1.29 is 9.47 Å². The normalized spacial score (nSPS) is 15.4. The lowest BCUT2D eigenvalue weighted by Gasteiger charge is -2.34. The van der Waals surface area contributed by atoms with Crippen molar-refractivity contribution in [2.45, 2.75) is 6.54 Å². The van der Waals surface area contributed by atoms with Gasteiger partial charge in [0.1, 0.15) is 11.5 Å². The zero-order valence-electron chi connectivity index (χ0n) is 13.9. The van der Waals surface area contributed by atoms with Crippen molar-refractivity contribution in [2.24, 2.45) is 0 Å². The van der Waals surface area contributed by atoms with Crippen molar-refractivity contribution in [3.05, 3.63) is 40.6 Å². The third-order valence-electron chi connectivity index (χ3n) is 4.14. The molecular weight excluding hydrogens is 372 g/mol. The minimum Gasteiger partial charge on any atom is -0.497 e. The van der Waals surface area contributed by atoms with Crippen molar-refractivity contribution in [2.75, 3.05) is 45.3 Å². The molecule has 2 aromatic rings. The van der Waals surface area contributed by atoms with E-state index in [4.69, 9.17) is 9.47 Å². The van der Waals surface area contributed by atoms with Gasteiger partial charge in [-0.15, -0.1) is 0 Å². The summed E-state index contributed by atoms with van der Waals surface area (Å²) in [4.78, 5) is 13.4. The number of benzene rings is 1.